The molecule has 0 aliphatic carbocycles. The molecule has 2 aromatic heterocycles. The van der Waals surface area contributed by atoms with Crippen LogP contribution in [-0.2, 0) is 11.2 Å². The van der Waals surface area contributed by atoms with Crippen molar-refractivity contribution in [2.75, 3.05) is 13.1 Å². The predicted molar refractivity (Wildman–Crippen MR) is 107 cm³/mol. The Morgan fingerprint density at radius 2 is 1.81 bits per heavy atom. The number of thiophene rings is 1. The van der Waals surface area contributed by atoms with Gasteiger partial charge < -0.3 is 4.90 Å². The van der Waals surface area contributed by atoms with Crippen molar-refractivity contribution >= 4 is 17.2 Å². The third-order valence-electron chi connectivity index (χ3n) is 4.96. The molecular weight excluding hydrogens is 358 g/mol. The molecule has 1 amide bonds. The third kappa shape index (κ3) is 4.01. The Labute approximate surface area is 161 Å². The van der Waals surface area contributed by atoms with Crippen molar-refractivity contribution in [2.45, 2.75) is 25.3 Å². The number of hydrogen-bond acceptors (Lipinski definition) is 4. The van der Waals surface area contributed by atoms with Crippen molar-refractivity contribution in [2.24, 2.45) is 0 Å². The van der Waals surface area contributed by atoms with Crippen LogP contribution in [0.15, 0.2) is 64.8 Å². The Hall–Kier alpha value is -2.73. The van der Waals surface area contributed by atoms with Gasteiger partial charge in [0.25, 0.3) is 5.56 Å². The summed E-state index contributed by atoms with van der Waals surface area (Å²) in [6.07, 6.45) is 1.93. The summed E-state index contributed by atoms with van der Waals surface area (Å²) in [7, 11) is 0. The summed E-state index contributed by atoms with van der Waals surface area (Å²) in [5, 5.41) is 6.59. The zero-order chi connectivity index (χ0) is 18.6. The van der Waals surface area contributed by atoms with Crippen molar-refractivity contribution in [1.82, 2.24) is 14.7 Å². The van der Waals surface area contributed by atoms with Crippen LogP contribution in [0.2, 0.25) is 0 Å². The molecule has 1 aliphatic heterocycles. The van der Waals surface area contributed by atoms with Gasteiger partial charge in [-0.2, -0.15) is 5.10 Å². The topological polar surface area (TPSA) is 55.2 Å². The van der Waals surface area contributed by atoms with Crippen LogP contribution in [0.3, 0.4) is 0 Å². The van der Waals surface area contributed by atoms with E-state index in [0.29, 0.717) is 19.5 Å². The van der Waals surface area contributed by atoms with Gasteiger partial charge in [0.15, 0.2) is 0 Å². The van der Waals surface area contributed by atoms with Gasteiger partial charge in [-0.1, -0.05) is 36.4 Å². The van der Waals surface area contributed by atoms with E-state index in [2.05, 4.69) is 5.10 Å². The Morgan fingerprint density at radius 1 is 1.04 bits per heavy atom. The molecule has 1 fully saturated rings. The first-order chi connectivity index (χ1) is 13.2. The molecule has 3 heterocycles. The maximum Gasteiger partial charge on any atom is 0.267 e. The number of carbonyl (C=O) groups is 1. The van der Waals surface area contributed by atoms with Gasteiger partial charge in [0.05, 0.1) is 17.3 Å². The fourth-order valence-corrected chi connectivity index (χ4v) is 4.18. The molecule has 0 atom stereocenters. The van der Waals surface area contributed by atoms with E-state index in [1.807, 2.05) is 52.7 Å². The SMILES string of the molecule is O=C(Cc1ccccc1)N1CCC(n2nc(-c3cccs3)ccc2=O)CC1. The van der Waals surface area contributed by atoms with Gasteiger partial charge >= 0.3 is 0 Å². The van der Waals surface area contributed by atoms with Gasteiger partial charge in [0, 0.05) is 19.2 Å². The highest BCUT2D eigenvalue weighted by Gasteiger charge is 2.25. The van der Waals surface area contributed by atoms with Crippen molar-refractivity contribution < 1.29 is 4.79 Å². The fourth-order valence-electron chi connectivity index (χ4n) is 3.48. The second-order valence-corrected chi connectivity index (χ2v) is 7.70. The highest BCUT2D eigenvalue weighted by Crippen LogP contribution is 2.24. The molecule has 0 unspecified atom stereocenters. The first-order valence-electron chi connectivity index (χ1n) is 9.16. The van der Waals surface area contributed by atoms with Crippen LogP contribution in [0.4, 0.5) is 0 Å². The lowest BCUT2D eigenvalue weighted by atomic mass is 10.0. The Morgan fingerprint density at radius 3 is 2.52 bits per heavy atom. The second kappa shape index (κ2) is 7.88. The Bertz CT molecular complexity index is 959. The molecule has 5 nitrogen and oxygen atoms in total. The van der Waals surface area contributed by atoms with Crippen molar-refractivity contribution in [3.63, 3.8) is 0 Å². The summed E-state index contributed by atoms with van der Waals surface area (Å²) in [6, 6.07) is 17.2. The smallest absolute Gasteiger partial charge is 0.267 e. The maximum atomic E-state index is 12.5. The van der Waals surface area contributed by atoms with Crippen LogP contribution in [-0.4, -0.2) is 33.7 Å². The van der Waals surface area contributed by atoms with Crippen LogP contribution < -0.4 is 5.56 Å². The van der Waals surface area contributed by atoms with Gasteiger partial charge in [0.1, 0.15) is 5.69 Å². The second-order valence-electron chi connectivity index (χ2n) is 6.75. The van der Waals surface area contributed by atoms with E-state index < -0.39 is 0 Å². The van der Waals surface area contributed by atoms with Crippen LogP contribution in [0.5, 0.6) is 0 Å². The minimum absolute atomic E-state index is 0.0400. The summed E-state index contributed by atoms with van der Waals surface area (Å²) in [5.41, 5.74) is 1.78. The van der Waals surface area contributed by atoms with Crippen LogP contribution in [0.1, 0.15) is 24.4 Å². The molecule has 3 aromatic rings. The first kappa shape index (κ1) is 17.7. The Kier molecular flexibility index (Phi) is 5.16. The van der Waals surface area contributed by atoms with Gasteiger partial charge in [0.2, 0.25) is 5.91 Å². The number of amides is 1. The number of piperidine rings is 1. The van der Waals surface area contributed by atoms with E-state index in [1.54, 1.807) is 28.2 Å². The number of carbonyl (C=O) groups excluding carboxylic acids is 1. The zero-order valence-corrected chi connectivity index (χ0v) is 15.8. The average molecular weight is 379 g/mol. The number of hydrogen-bond donors (Lipinski definition) is 0. The van der Waals surface area contributed by atoms with Crippen molar-refractivity contribution in [3.8, 4) is 10.6 Å². The van der Waals surface area contributed by atoms with E-state index in [4.69, 9.17) is 0 Å². The molecule has 1 aromatic carbocycles. The van der Waals surface area contributed by atoms with E-state index in [1.165, 1.54) is 0 Å². The fraction of sp³-hybridized carbons (Fsp3) is 0.286. The summed E-state index contributed by atoms with van der Waals surface area (Å²) in [5.74, 6) is 0.146. The summed E-state index contributed by atoms with van der Waals surface area (Å²) in [4.78, 5) is 27.8. The van der Waals surface area contributed by atoms with Crippen LogP contribution in [0, 0.1) is 0 Å². The van der Waals surface area contributed by atoms with Gasteiger partial charge in [-0.3, -0.25) is 9.59 Å². The van der Waals surface area contributed by atoms with E-state index >= 15 is 0 Å². The van der Waals surface area contributed by atoms with Crippen LogP contribution >= 0.6 is 11.3 Å². The molecule has 0 spiro atoms. The number of aromatic nitrogens is 2. The molecule has 1 aliphatic rings. The highest BCUT2D eigenvalue weighted by atomic mass is 32.1. The minimum atomic E-state index is -0.0793. The van der Waals surface area contributed by atoms with Crippen molar-refractivity contribution in [3.05, 3.63) is 75.9 Å². The standard InChI is InChI=1S/C21H21N3O2S/c25-20-9-8-18(19-7-4-14-27-19)22-24(20)17-10-12-23(13-11-17)21(26)15-16-5-2-1-3-6-16/h1-9,14,17H,10-13,15H2. The molecule has 0 N–H and O–H groups in total. The van der Waals surface area contributed by atoms with Crippen molar-refractivity contribution in [1.29, 1.82) is 0 Å². The highest BCUT2D eigenvalue weighted by molar-refractivity contribution is 7.13. The quantitative estimate of drug-likeness (QED) is 0.698. The Balaban J connectivity index is 1.43. The first-order valence-corrected chi connectivity index (χ1v) is 10.0. The molecule has 0 saturated carbocycles. The molecule has 1 saturated heterocycles. The van der Waals surface area contributed by atoms with Gasteiger partial charge in [-0.25, -0.2) is 4.68 Å². The van der Waals surface area contributed by atoms with Gasteiger partial charge in [-0.15, -0.1) is 11.3 Å². The number of benzene rings is 1. The number of likely N-dealkylation sites (tertiary alicyclic amines) is 1. The summed E-state index contributed by atoms with van der Waals surface area (Å²) in [6.45, 7) is 1.32. The summed E-state index contributed by atoms with van der Waals surface area (Å²) >= 11 is 1.61. The molecule has 27 heavy (non-hydrogen) atoms. The predicted octanol–water partition coefficient (Wildman–Crippen LogP) is 3.38. The molecule has 4 rings (SSSR count). The number of nitrogens with zero attached hydrogens (tertiary/aromatic N) is 3. The van der Waals surface area contributed by atoms with Crippen LogP contribution in [0.25, 0.3) is 10.6 Å². The molecular formula is C21H21N3O2S. The molecule has 138 valence electrons. The molecule has 0 bridgehead atoms. The molecule has 0 radical (unpaired) electrons. The largest absolute Gasteiger partial charge is 0.342 e. The van der Waals surface area contributed by atoms with E-state index in [-0.39, 0.29) is 17.5 Å². The monoisotopic (exact) mass is 379 g/mol. The normalized spacial score (nSPS) is 15.0. The molecule has 6 heteroatoms. The lowest BCUT2D eigenvalue weighted by molar-refractivity contribution is -0.131. The zero-order valence-electron chi connectivity index (χ0n) is 15.0. The summed E-state index contributed by atoms with van der Waals surface area (Å²) < 4.78 is 1.61. The van der Waals surface area contributed by atoms with E-state index in [9.17, 15) is 9.59 Å². The van der Waals surface area contributed by atoms with E-state index in [0.717, 1.165) is 29.0 Å². The minimum Gasteiger partial charge on any atom is -0.342 e. The average Bonchev–Trinajstić information content (AvgIpc) is 3.24. The third-order valence-corrected chi connectivity index (χ3v) is 5.85. The lowest BCUT2D eigenvalue weighted by Crippen LogP contribution is -2.42. The number of rotatable bonds is 4. The maximum absolute atomic E-state index is 12.5. The lowest BCUT2D eigenvalue weighted by Gasteiger charge is -2.32. The van der Waals surface area contributed by atoms with Gasteiger partial charge in [-0.05, 0) is 35.9 Å².